The second-order valence-electron chi connectivity index (χ2n) is 5.81. The van der Waals surface area contributed by atoms with Crippen LogP contribution in [0.4, 0.5) is 8.78 Å². The highest BCUT2D eigenvalue weighted by Crippen LogP contribution is 2.52. The molecule has 1 saturated carbocycles. The first-order valence-corrected chi connectivity index (χ1v) is 7.13. The molecule has 1 atom stereocenters. The number of piperazine rings is 1. The average molecular weight is 296 g/mol. The van der Waals surface area contributed by atoms with Gasteiger partial charge in [-0.1, -0.05) is 12.1 Å². The van der Waals surface area contributed by atoms with Crippen LogP contribution in [-0.2, 0) is 4.79 Å². The summed E-state index contributed by atoms with van der Waals surface area (Å²) in [4.78, 5) is 13.9. The van der Waals surface area contributed by atoms with Crippen LogP contribution in [-0.4, -0.2) is 42.0 Å². The van der Waals surface area contributed by atoms with Crippen molar-refractivity contribution in [3.8, 4) is 5.75 Å². The lowest BCUT2D eigenvalue weighted by atomic mass is 10.0. The number of nitrogens with zero attached hydrogens (tertiary/aromatic N) is 1. The first-order valence-electron chi connectivity index (χ1n) is 7.13. The SMILES string of the molecule is O=C(N1CCNC(c2ccc(O)cc2)C1)C1(C(F)F)CC1. The molecule has 1 amide bonds. The van der Waals surface area contributed by atoms with Gasteiger partial charge in [0.05, 0.1) is 0 Å². The molecule has 1 aromatic carbocycles. The van der Waals surface area contributed by atoms with E-state index in [9.17, 15) is 18.7 Å². The second kappa shape index (κ2) is 5.26. The molecule has 0 spiro atoms. The van der Waals surface area contributed by atoms with E-state index in [0.29, 0.717) is 19.6 Å². The van der Waals surface area contributed by atoms with Gasteiger partial charge in [0.15, 0.2) is 0 Å². The molecule has 1 aliphatic heterocycles. The van der Waals surface area contributed by atoms with Crippen molar-refractivity contribution < 1.29 is 18.7 Å². The minimum atomic E-state index is -2.58. The summed E-state index contributed by atoms with van der Waals surface area (Å²) in [5, 5.41) is 12.6. The number of hydrogen-bond acceptors (Lipinski definition) is 3. The Morgan fingerprint density at radius 3 is 2.57 bits per heavy atom. The molecule has 1 heterocycles. The van der Waals surface area contributed by atoms with Gasteiger partial charge in [0.25, 0.3) is 6.43 Å². The van der Waals surface area contributed by atoms with Crippen LogP contribution in [0, 0.1) is 5.41 Å². The Bertz CT molecular complexity index is 529. The fourth-order valence-corrected chi connectivity index (χ4v) is 2.84. The van der Waals surface area contributed by atoms with Crippen LogP contribution in [0.2, 0.25) is 0 Å². The molecule has 2 fully saturated rings. The zero-order chi connectivity index (χ0) is 15.0. The molecular weight excluding hydrogens is 278 g/mol. The van der Waals surface area contributed by atoms with E-state index >= 15 is 0 Å². The molecule has 0 radical (unpaired) electrons. The Morgan fingerprint density at radius 2 is 2.00 bits per heavy atom. The number of halogens is 2. The van der Waals surface area contributed by atoms with E-state index in [1.165, 1.54) is 0 Å². The maximum Gasteiger partial charge on any atom is 0.252 e. The van der Waals surface area contributed by atoms with E-state index in [-0.39, 0.29) is 24.6 Å². The fourth-order valence-electron chi connectivity index (χ4n) is 2.84. The Hall–Kier alpha value is -1.69. The minimum absolute atomic E-state index is 0.0863. The number of benzene rings is 1. The van der Waals surface area contributed by atoms with E-state index < -0.39 is 17.7 Å². The van der Waals surface area contributed by atoms with E-state index in [2.05, 4.69) is 5.32 Å². The van der Waals surface area contributed by atoms with Crippen LogP contribution in [0.5, 0.6) is 5.75 Å². The third-order valence-corrected chi connectivity index (χ3v) is 4.39. The summed E-state index contributed by atoms with van der Waals surface area (Å²) in [6.07, 6.45) is -2.00. The summed E-state index contributed by atoms with van der Waals surface area (Å²) in [7, 11) is 0. The summed E-state index contributed by atoms with van der Waals surface area (Å²) in [5.41, 5.74) is -0.483. The normalized spacial score (nSPS) is 24.1. The van der Waals surface area contributed by atoms with Gasteiger partial charge in [0.1, 0.15) is 11.2 Å². The monoisotopic (exact) mass is 296 g/mol. The van der Waals surface area contributed by atoms with Gasteiger partial charge in [0, 0.05) is 25.7 Å². The first-order chi connectivity index (χ1) is 10.0. The van der Waals surface area contributed by atoms with E-state index in [1.54, 1.807) is 29.2 Å². The van der Waals surface area contributed by atoms with Crippen molar-refractivity contribution in [1.82, 2.24) is 10.2 Å². The Balaban J connectivity index is 1.71. The molecule has 1 aromatic rings. The molecule has 1 saturated heterocycles. The van der Waals surface area contributed by atoms with Gasteiger partial charge in [-0.3, -0.25) is 4.79 Å². The molecule has 114 valence electrons. The second-order valence-corrected chi connectivity index (χ2v) is 5.81. The Kier molecular flexibility index (Phi) is 3.57. The minimum Gasteiger partial charge on any atom is -0.508 e. The number of carbonyl (C=O) groups is 1. The Morgan fingerprint density at radius 1 is 1.33 bits per heavy atom. The molecule has 0 aromatic heterocycles. The van der Waals surface area contributed by atoms with Crippen molar-refractivity contribution in [2.75, 3.05) is 19.6 Å². The van der Waals surface area contributed by atoms with Gasteiger partial charge in [-0.15, -0.1) is 0 Å². The van der Waals surface area contributed by atoms with E-state index in [0.717, 1.165) is 5.56 Å². The summed E-state index contributed by atoms with van der Waals surface area (Å²) in [5.74, 6) is -0.236. The van der Waals surface area contributed by atoms with Crippen molar-refractivity contribution in [2.45, 2.75) is 25.3 Å². The lowest BCUT2D eigenvalue weighted by molar-refractivity contribution is -0.144. The molecule has 3 rings (SSSR count). The largest absolute Gasteiger partial charge is 0.508 e. The predicted octanol–water partition coefficient (Wildman–Crippen LogP) is 1.91. The van der Waals surface area contributed by atoms with Crippen LogP contribution < -0.4 is 5.32 Å². The quantitative estimate of drug-likeness (QED) is 0.896. The lowest BCUT2D eigenvalue weighted by Gasteiger charge is -2.36. The third-order valence-electron chi connectivity index (χ3n) is 4.39. The summed E-state index contributed by atoms with van der Waals surface area (Å²) >= 11 is 0. The number of phenols is 1. The molecular formula is C15H18F2N2O2. The number of rotatable bonds is 3. The number of aromatic hydroxyl groups is 1. The standard InChI is InChI=1S/C15H18F2N2O2/c16-13(17)15(5-6-15)14(21)19-8-7-18-12(9-19)10-1-3-11(20)4-2-10/h1-4,12-13,18,20H,5-9H2. The fraction of sp³-hybridized carbons (Fsp3) is 0.533. The van der Waals surface area contributed by atoms with Gasteiger partial charge in [-0.25, -0.2) is 8.78 Å². The van der Waals surface area contributed by atoms with Crippen molar-refractivity contribution in [1.29, 1.82) is 0 Å². The Labute approximate surface area is 121 Å². The van der Waals surface area contributed by atoms with Crippen molar-refractivity contribution >= 4 is 5.91 Å². The van der Waals surface area contributed by atoms with Crippen LogP contribution in [0.15, 0.2) is 24.3 Å². The number of nitrogens with one attached hydrogen (secondary N) is 1. The van der Waals surface area contributed by atoms with Gasteiger partial charge < -0.3 is 15.3 Å². The van der Waals surface area contributed by atoms with Gasteiger partial charge in [0.2, 0.25) is 5.91 Å². The first kappa shape index (κ1) is 14.3. The summed E-state index contributed by atoms with van der Waals surface area (Å²) < 4.78 is 26.1. The molecule has 6 heteroatoms. The molecule has 2 aliphatic rings. The summed E-state index contributed by atoms with van der Waals surface area (Å²) in [6, 6.07) is 6.64. The highest BCUT2D eigenvalue weighted by molar-refractivity contribution is 5.86. The number of amides is 1. The maximum absolute atomic E-state index is 13.1. The van der Waals surface area contributed by atoms with E-state index in [4.69, 9.17) is 0 Å². The molecule has 0 bridgehead atoms. The molecule has 2 N–H and O–H groups in total. The number of alkyl halides is 2. The molecule has 1 unspecified atom stereocenters. The predicted molar refractivity (Wildman–Crippen MR) is 73.1 cm³/mol. The van der Waals surface area contributed by atoms with Crippen molar-refractivity contribution in [2.24, 2.45) is 5.41 Å². The smallest absolute Gasteiger partial charge is 0.252 e. The zero-order valence-electron chi connectivity index (χ0n) is 11.6. The average Bonchev–Trinajstić information content (AvgIpc) is 3.29. The topological polar surface area (TPSA) is 52.6 Å². The van der Waals surface area contributed by atoms with Crippen molar-refractivity contribution in [3.05, 3.63) is 29.8 Å². The van der Waals surface area contributed by atoms with Crippen LogP contribution in [0.3, 0.4) is 0 Å². The van der Waals surface area contributed by atoms with Crippen LogP contribution in [0.25, 0.3) is 0 Å². The van der Waals surface area contributed by atoms with Gasteiger partial charge >= 0.3 is 0 Å². The summed E-state index contributed by atoms with van der Waals surface area (Å²) in [6.45, 7) is 1.43. The highest BCUT2D eigenvalue weighted by Gasteiger charge is 2.59. The van der Waals surface area contributed by atoms with Crippen molar-refractivity contribution in [3.63, 3.8) is 0 Å². The number of hydrogen-bond donors (Lipinski definition) is 2. The van der Waals surface area contributed by atoms with Crippen LogP contribution >= 0.6 is 0 Å². The van der Waals surface area contributed by atoms with Gasteiger partial charge in [-0.05, 0) is 30.5 Å². The maximum atomic E-state index is 13.1. The molecule has 4 nitrogen and oxygen atoms in total. The zero-order valence-corrected chi connectivity index (χ0v) is 11.6. The molecule has 21 heavy (non-hydrogen) atoms. The van der Waals surface area contributed by atoms with E-state index in [1.807, 2.05) is 0 Å². The third kappa shape index (κ3) is 2.60. The number of phenolic OH excluding ortho intramolecular Hbond substituents is 1. The number of carbonyl (C=O) groups excluding carboxylic acids is 1. The van der Waals surface area contributed by atoms with Gasteiger partial charge in [-0.2, -0.15) is 0 Å². The van der Waals surface area contributed by atoms with Crippen LogP contribution in [0.1, 0.15) is 24.4 Å². The lowest BCUT2D eigenvalue weighted by Crippen LogP contribution is -2.51. The highest BCUT2D eigenvalue weighted by atomic mass is 19.3. The molecule has 1 aliphatic carbocycles.